The van der Waals surface area contributed by atoms with Gasteiger partial charge in [0.1, 0.15) is 16.4 Å². The van der Waals surface area contributed by atoms with E-state index in [1.165, 1.54) is 44.2 Å². The second-order valence-electron chi connectivity index (χ2n) is 7.00. The van der Waals surface area contributed by atoms with Crippen LogP contribution in [0.5, 0.6) is 17.2 Å². The molecule has 0 spiro atoms. The second-order valence-corrected chi connectivity index (χ2v) is 8.35. The molecular formula is C22H29KO5S. The number of para-hydroxylation sites is 1. The summed E-state index contributed by atoms with van der Waals surface area (Å²) >= 11 is 0. The fraction of sp³-hybridized carbons (Fsp3) is 0.455. The second kappa shape index (κ2) is 13.8. The van der Waals surface area contributed by atoms with Crippen LogP contribution in [0, 0.1) is 0 Å². The maximum Gasteiger partial charge on any atom is 1.00 e. The van der Waals surface area contributed by atoms with Crippen LogP contribution in [0.15, 0.2) is 47.4 Å². The molecule has 7 heteroatoms. The molecule has 0 amide bonds. The summed E-state index contributed by atoms with van der Waals surface area (Å²) in [5, 5.41) is 12.2. The fourth-order valence-corrected chi connectivity index (χ4v) is 4.10. The molecular weight excluding hydrogens is 415 g/mol. The van der Waals surface area contributed by atoms with Crippen molar-refractivity contribution in [3.8, 4) is 17.2 Å². The van der Waals surface area contributed by atoms with Gasteiger partial charge in [-0.05, 0) is 30.5 Å². The zero-order valence-electron chi connectivity index (χ0n) is 17.4. The number of hydrogen-bond donors (Lipinski definition) is 1. The van der Waals surface area contributed by atoms with Crippen molar-refractivity contribution < 1.29 is 74.2 Å². The normalized spacial score (nSPS) is 11.1. The third kappa shape index (κ3) is 9.08. The Hall–Kier alpha value is -0.414. The van der Waals surface area contributed by atoms with Crippen molar-refractivity contribution in [3.05, 3.63) is 48.0 Å². The number of ether oxygens (including phenoxy) is 1. The summed E-state index contributed by atoms with van der Waals surface area (Å²) in [6.07, 6.45) is 9.48. The van der Waals surface area contributed by atoms with E-state index in [1.54, 1.807) is 30.3 Å². The Balaban J connectivity index is 0.00000420. The molecule has 154 valence electrons. The molecule has 2 aromatic carbocycles. The summed E-state index contributed by atoms with van der Waals surface area (Å²) in [4.78, 5) is -0.410. The van der Waals surface area contributed by atoms with E-state index >= 15 is 0 Å². The first-order valence-corrected chi connectivity index (χ1v) is 11.4. The standard InChI is InChI=1S/C22H30O5S.K/c1-2-3-4-5-6-7-8-10-13-18-16-17-20(23)21(22(18)28(24,25)26)27-19-14-11-9-12-15-19;/h9,11-12,14-17,23H,2-8,10,13H2,1H3,(H,24,25,26);/q;+1/p-1. The Bertz CT molecular complexity index is 838. The zero-order valence-corrected chi connectivity index (χ0v) is 21.3. The van der Waals surface area contributed by atoms with Crippen LogP contribution in [-0.4, -0.2) is 13.0 Å². The third-order valence-corrected chi connectivity index (χ3v) is 5.64. The van der Waals surface area contributed by atoms with Crippen molar-refractivity contribution in [2.45, 2.75) is 69.6 Å². The van der Waals surface area contributed by atoms with Crippen molar-refractivity contribution in [3.63, 3.8) is 0 Å². The van der Waals surface area contributed by atoms with Gasteiger partial charge in [0.2, 0.25) is 0 Å². The summed E-state index contributed by atoms with van der Waals surface area (Å²) in [6.45, 7) is 2.19. The van der Waals surface area contributed by atoms with Gasteiger partial charge in [-0.3, -0.25) is 4.55 Å². The summed E-state index contributed by atoms with van der Waals surface area (Å²) in [7, 11) is -4.59. The quantitative estimate of drug-likeness (QED) is 0.309. The number of rotatable bonds is 12. The third-order valence-electron chi connectivity index (χ3n) is 4.68. The Morgan fingerprint density at radius 3 is 2.07 bits per heavy atom. The molecule has 0 saturated heterocycles. The Labute approximate surface area is 217 Å². The van der Waals surface area contributed by atoms with E-state index in [1.807, 2.05) is 0 Å². The Kier molecular flexibility index (Phi) is 12.7. The van der Waals surface area contributed by atoms with Gasteiger partial charge in [0.05, 0.1) is 0 Å². The molecule has 0 radical (unpaired) electrons. The SMILES string of the molecule is CCCCCCCCCCc1ccc([O-])c(Oc2ccccc2)c1S(=O)(=O)O.[K+]. The average Bonchev–Trinajstić information content (AvgIpc) is 2.66. The van der Waals surface area contributed by atoms with Crippen molar-refractivity contribution in [1.29, 1.82) is 0 Å². The van der Waals surface area contributed by atoms with E-state index in [2.05, 4.69) is 6.92 Å². The van der Waals surface area contributed by atoms with E-state index in [0.717, 1.165) is 19.3 Å². The number of unbranched alkanes of at least 4 members (excludes halogenated alkanes) is 7. The summed E-state index contributed by atoms with van der Waals surface area (Å²) < 4.78 is 39.2. The fourth-order valence-electron chi connectivity index (χ4n) is 3.22. The molecule has 0 heterocycles. The molecule has 0 saturated carbocycles. The molecule has 5 nitrogen and oxygen atoms in total. The molecule has 0 fully saturated rings. The van der Waals surface area contributed by atoms with Crippen LogP contribution in [-0.2, 0) is 16.5 Å². The first-order valence-electron chi connectivity index (χ1n) is 9.96. The molecule has 0 aliphatic carbocycles. The van der Waals surface area contributed by atoms with Gasteiger partial charge < -0.3 is 9.84 Å². The van der Waals surface area contributed by atoms with Gasteiger partial charge in [-0.1, -0.05) is 88.0 Å². The average molecular weight is 445 g/mol. The van der Waals surface area contributed by atoms with Crippen LogP contribution >= 0.6 is 0 Å². The molecule has 0 aliphatic heterocycles. The molecule has 0 atom stereocenters. The van der Waals surface area contributed by atoms with Crippen LogP contribution in [0.4, 0.5) is 0 Å². The van der Waals surface area contributed by atoms with Gasteiger partial charge >= 0.3 is 51.4 Å². The van der Waals surface area contributed by atoms with Crippen molar-refractivity contribution >= 4 is 10.1 Å². The van der Waals surface area contributed by atoms with Gasteiger partial charge in [0.15, 0.2) is 0 Å². The van der Waals surface area contributed by atoms with Gasteiger partial charge in [-0.2, -0.15) is 8.42 Å². The largest absolute Gasteiger partial charge is 1.00 e. The first kappa shape index (κ1) is 26.6. The Morgan fingerprint density at radius 1 is 0.897 bits per heavy atom. The molecule has 1 N–H and O–H groups in total. The zero-order chi connectivity index (χ0) is 20.4. The van der Waals surface area contributed by atoms with Crippen molar-refractivity contribution in [1.82, 2.24) is 0 Å². The molecule has 0 bridgehead atoms. The monoisotopic (exact) mass is 444 g/mol. The minimum atomic E-state index is -4.59. The first-order chi connectivity index (χ1) is 13.4. The van der Waals surface area contributed by atoms with Gasteiger partial charge in [-0.15, -0.1) is 0 Å². The molecule has 0 aliphatic rings. The topological polar surface area (TPSA) is 86.7 Å². The predicted molar refractivity (Wildman–Crippen MR) is 109 cm³/mol. The molecule has 2 rings (SSSR count). The van der Waals surface area contributed by atoms with Crippen LogP contribution in [0.1, 0.15) is 63.9 Å². The number of aryl methyl sites for hydroxylation is 1. The maximum atomic E-state index is 12.2. The Morgan fingerprint density at radius 2 is 1.48 bits per heavy atom. The van der Waals surface area contributed by atoms with Gasteiger partial charge in [-0.25, -0.2) is 0 Å². The summed E-state index contributed by atoms with van der Waals surface area (Å²) in [6, 6.07) is 11.2. The molecule has 29 heavy (non-hydrogen) atoms. The summed E-state index contributed by atoms with van der Waals surface area (Å²) in [5.41, 5.74) is 0.416. The van der Waals surface area contributed by atoms with Crippen molar-refractivity contribution in [2.24, 2.45) is 0 Å². The van der Waals surface area contributed by atoms with Crippen LogP contribution in [0.25, 0.3) is 0 Å². The smallest absolute Gasteiger partial charge is 0.870 e. The molecule has 0 aromatic heterocycles. The predicted octanol–water partition coefficient (Wildman–Crippen LogP) is 2.49. The van der Waals surface area contributed by atoms with Crippen molar-refractivity contribution in [2.75, 3.05) is 0 Å². The van der Waals surface area contributed by atoms with Gasteiger partial charge in [0.25, 0.3) is 10.1 Å². The minimum absolute atomic E-state index is 0. The van der Waals surface area contributed by atoms with Crippen LogP contribution in [0.2, 0.25) is 0 Å². The van der Waals surface area contributed by atoms with Crippen LogP contribution in [0.3, 0.4) is 0 Å². The number of benzene rings is 2. The molecule has 2 aromatic rings. The van der Waals surface area contributed by atoms with Gasteiger partial charge in [0, 0.05) is 0 Å². The van der Waals surface area contributed by atoms with E-state index in [4.69, 9.17) is 4.74 Å². The molecule has 0 unspecified atom stereocenters. The number of hydrogen-bond acceptors (Lipinski definition) is 4. The van der Waals surface area contributed by atoms with Crippen LogP contribution < -0.4 is 61.2 Å². The van der Waals surface area contributed by atoms with E-state index < -0.39 is 20.8 Å². The minimum Gasteiger partial charge on any atom is -0.870 e. The maximum absolute atomic E-state index is 12.2. The van der Waals surface area contributed by atoms with E-state index in [9.17, 15) is 18.1 Å². The van der Waals surface area contributed by atoms with E-state index in [0.29, 0.717) is 17.7 Å². The van der Waals surface area contributed by atoms with E-state index in [-0.39, 0.29) is 57.1 Å². The summed E-state index contributed by atoms with van der Waals surface area (Å²) in [5.74, 6) is -0.573.